The molecule has 0 saturated heterocycles. The predicted octanol–water partition coefficient (Wildman–Crippen LogP) is 1.64. The zero-order chi connectivity index (χ0) is 14.8. The summed E-state index contributed by atoms with van der Waals surface area (Å²) < 4.78 is 27.6. The summed E-state index contributed by atoms with van der Waals surface area (Å²) in [5, 5.41) is 9.14. The number of nitrogens with two attached hydrogens (primary N) is 1. The van der Waals surface area contributed by atoms with Crippen molar-refractivity contribution in [2.45, 2.75) is 25.7 Å². The molecule has 1 aromatic rings. The van der Waals surface area contributed by atoms with Crippen molar-refractivity contribution < 1.29 is 13.5 Å². The van der Waals surface area contributed by atoms with Crippen LogP contribution in [0.1, 0.15) is 19.4 Å². The molecule has 0 heterocycles. The first-order valence-electron chi connectivity index (χ1n) is 5.75. The van der Waals surface area contributed by atoms with E-state index >= 15 is 0 Å². The maximum atomic E-state index is 12.3. The summed E-state index contributed by atoms with van der Waals surface area (Å²) in [7, 11) is -3.65. The molecule has 0 aliphatic heterocycles. The fourth-order valence-electron chi connectivity index (χ4n) is 1.38. The Morgan fingerprint density at radius 3 is 2.53 bits per heavy atom. The molecule has 0 aliphatic carbocycles. The van der Waals surface area contributed by atoms with Gasteiger partial charge in [0.05, 0.1) is 4.90 Å². The lowest BCUT2D eigenvalue weighted by atomic mass is 9.96. The van der Waals surface area contributed by atoms with Crippen molar-refractivity contribution in [3.8, 4) is 0 Å². The molecule has 108 valence electrons. The van der Waals surface area contributed by atoms with Gasteiger partial charge in [-0.05, 0) is 24.6 Å². The van der Waals surface area contributed by atoms with Crippen LogP contribution in [0.2, 0.25) is 0 Å². The molecule has 5 nitrogen and oxygen atoms in total. The van der Waals surface area contributed by atoms with Gasteiger partial charge in [-0.25, -0.2) is 13.1 Å². The van der Waals surface area contributed by atoms with Gasteiger partial charge in [0.2, 0.25) is 10.0 Å². The first kappa shape index (κ1) is 16.4. The standard InChI is InChI=1S/C12H19BrN2O3S/c1-8-10(14)4-9(13)5-11(8)19(17,18)15-6-12(2,3)7-16/h4-5,15-16H,6-7,14H2,1-3H3. The third-order valence-electron chi connectivity index (χ3n) is 2.82. The zero-order valence-electron chi connectivity index (χ0n) is 11.2. The van der Waals surface area contributed by atoms with Gasteiger partial charge in [-0.15, -0.1) is 0 Å². The Morgan fingerprint density at radius 2 is 2.00 bits per heavy atom. The number of benzene rings is 1. The fourth-order valence-corrected chi connectivity index (χ4v) is 3.54. The predicted molar refractivity (Wildman–Crippen MR) is 79.3 cm³/mol. The van der Waals surface area contributed by atoms with Crippen LogP contribution in [0.4, 0.5) is 5.69 Å². The molecule has 0 aromatic heterocycles. The largest absolute Gasteiger partial charge is 0.398 e. The van der Waals surface area contributed by atoms with Crippen molar-refractivity contribution in [1.82, 2.24) is 4.72 Å². The van der Waals surface area contributed by atoms with Gasteiger partial charge < -0.3 is 10.8 Å². The average molecular weight is 351 g/mol. The molecule has 0 radical (unpaired) electrons. The molecule has 0 unspecified atom stereocenters. The minimum absolute atomic E-state index is 0.102. The Balaban J connectivity index is 3.08. The van der Waals surface area contributed by atoms with Gasteiger partial charge in [-0.1, -0.05) is 29.8 Å². The third kappa shape index (κ3) is 4.17. The lowest BCUT2D eigenvalue weighted by Gasteiger charge is -2.22. The van der Waals surface area contributed by atoms with E-state index < -0.39 is 15.4 Å². The second kappa shape index (κ2) is 5.78. The van der Waals surface area contributed by atoms with Crippen LogP contribution >= 0.6 is 15.9 Å². The Morgan fingerprint density at radius 1 is 1.42 bits per heavy atom. The number of rotatable bonds is 5. The number of aliphatic hydroxyl groups excluding tert-OH is 1. The Kier molecular flexibility index (Phi) is 5.00. The number of halogens is 1. The van der Waals surface area contributed by atoms with Crippen molar-refractivity contribution >= 4 is 31.6 Å². The van der Waals surface area contributed by atoms with Crippen molar-refractivity contribution in [3.05, 3.63) is 22.2 Å². The normalized spacial score (nSPS) is 12.7. The van der Waals surface area contributed by atoms with Crippen LogP contribution in [-0.2, 0) is 10.0 Å². The lowest BCUT2D eigenvalue weighted by molar-refractivity contribution is 0.163. The van der Waals surface area contributed by atoms with E-state index in [-0.39, 0.29) is 18.0 Å². The monoisotopic (exact) mass is 350 g/mol. The van der Waals surface area contributed by atoms with Crippen molar-refractivity contribution in [3.63, 3.8) is 0 Å². The van der Waals surface area contributed by atoms with E-state index in [0.717, 1.165) is 0 Å². The summed E-state index contributed by atoms with van der Waals surface area (Å²) in [6, 6.07) is 3.17. The second-order valence-electron chi connectivity index (χ2n) is 5.27. The second-order valence-corrected chi connectivity index (χ2v) is 7.92. The summed E-state index contributed by atoms with van der Waals surface area (Å²) in [6.07, 6.45) is 0. The first-order valence-corrected chi connectivity index (χ1v) is 8.03. The van der Waals surface area contributed by atoms with Gasteiger partial charge in [-0.3, -0.25) is 0 Å². The number of sulfonamides is 1. The molecule has 19 heavy (non-hydrogen) atoms. The van der Waals surface area contributed by atoms with Crippen LogP contribution in [0, 0.1) is 12.3 Å². The summed E-state index contributed by atoms with van der Waals surface area (Å²) in [5.41, 5.74) is 6.17. The van der Waals surface area contributed by atoms with Gasteiger partial charge in [0, 0.05) is 28.7 Å². The molecule has 7 heteroatoms. The van der Waals surface area contributed by atoms with E-state index in [4.69, 9.17) is 10.8 Å². The average Bonchev–Trinajstić information content (AvgIpc) is 2.31. The minimum atomic E-state index is -3.65. The molecule has 0 atom stereocenters. The molecule has 0 saturated carbocycles. The number of anilines is 1. The molecule has 0 aliphatic rings. The number of hydrogen-bond donors (Lipinski definition) is 3. The topological polar surface area (TPSA) is 92.4 Å². The van der Waals surface area contributed by atoms with Crippen molar-refractivity contribution in [2.24, 2.45) is 5.41 Å². The van der Waals surface area contributed by atoms with Crippen LogP contribution in [-0.4, -0.2) is 26.7 Å². The molecular weight excluding hydrogens is 332 g/mol. The van der Waals surface area contributed by atoms with Gasteiger partial charge >= 0.3 is 0 Å². The molecule has 4 N–H and O–H groups in total. The van der Waals surface area contributed by atoms with E-state index in [1.165, 1.54) is 6.07 Å². The first-order chi connectivity index (χ1) is 8.59. The molecule has 0 fully saturated rings. The van der Waals surface area contributed by atoms with Crippen molar-refractivity contribution in [1.29, 1.82) is 0 Å². The highest BCUT2D eigenvalue weighted by Crippen LogP contribution is 2.26. The van der Waals surface area contributed by atoms with Crippen molar-refractivity contribution in [2.75, 3.05) is 18.9 Å². The Hall–Kier alpha value is -0.630. The van der Waals surface area contributed by atoms with E-state index in [9.17, 15) is 8.42 Å². The van der Waals surface area contributed by atoms with E-state index in [0.29, 0.717) is 15.7 Å². The fraction of sp³-hybridized carbons (Fsp3) is 0.500. The number of aliphatic hydroxyl groups is 1. The van der Waals surface area contributed by atoms with Crippen LogP contribution in [0.3, 0.4) is 0 Å². The summed E-state index contributed by atoms with van der Waals surface area (Å²) >= 11 is 3.23. The quantitative estimate of drug-likeness (QED) is 0.703. The SMILES string of the molecule is Cc1c(N)cc(Br)cc1S(=O)(=O)NCC(C)(C)CO. The number of nitrogens with one attached hydrogen (secondary N) is 1. The minimum Gasteiger partial charge on any atom is -0.398 e. The Labute approximate surface area is 122 Å². The van der Waals surface area contributed by atoms with Crippen LogP contribution in [0.5, 0.6) is 0 Å². The summed E-state index contributed by atoms with van der Waals surface area (Å²) in [4.78, 5) is 0.146. The molecular formula is C12H19BrN2O3S. The summed E-state index contributed by atoms with van der Waals surface area (Å²) in [5.74, 6) is 0. The highest BCUT2D eigenvalue weighted by molar-refractivity contribution is 9.10. The Bertz CT molecular complexity index is 571. The third-order valence-corrected chi connectivity index (χ3v) is 4.81. The molecule has 0 spiro atoms. The van der Waals surface area contributed by atoms with Gasteiger partial charge in [0.1, 0.15) is 0 Å². The highest BCUT2D eigenvalue weighted by atomic mass is 79.9. The highest BCUT2D eigenvalue weighted by Gasteiger charge is 2.23. The van der Waals surface area contributed by atoms with Crippen LogP contribution in [0.15, 0.2) is 21.5 Å². The summed E-state index contributed by atoms with van der Waals surface area (Å²) in [6.45, 7) is 5.26. The van der Waals surface area contributed by atoms with Crippen LogP contribution in [0.25, 0.3) is 0 Å². The van der Waals surface area contributed by atoms with Crippen LogP contribution < -0.4 is 10.5 Å². The van der Waals surface area contributed by atoms with Gasteiger partial charge in [0.15, 0.2) is 0 Å². The molecule has 1 rings (SSSR count). The van der Waals surface area contributed by atoms with Gasteiger partial charge in [0.25, 0.3) is 0 Å². The smallest absolute Gasteiger partial charge is 0.240 e. The molecule has 1 aromatic carbocycles. The molecule has 0 bridgehead atoms. The van der Waals surface area contributed by atoms with E-state index in [2.05, 4.69) is 20.7 Å². The van der Waals surface area contributed by atoms with E-state index in [1.807, 2.05) is 0 Å². The van der Waals surface area contributed by atoms with Gasteiger partial charge in [-0.2, -0.15) is 0 Å². The maximum Gasteiger partial charge on any atom is 0.240 e. The zero-order valence-corrected chi connectivity index (χ0v) is 13.6. The lowest BCUT2D eigenvalue weighted by Crippen LogP contribution is -2.36. The molecule has 0 amide bonds. The number of nitrogen functional groups attached to an aromatic ring is 1. The number of hydrogen-bond acceptors (Lipinski definition) is 4. The maximum absolute atomic E-state index is 12.3. The van der Waals surface area contributed by atoms with E-state index in [1.54, 1.807) is 26.8 Å².